The number of para-hydroxylation sites is 1. The Morgan fingerprint density at radius 2 is 1.60 bits per heavy atom. The van der Waals surface area contributed by atoms with Crippen LogP contribution in [0.25, 0.3) is 21.9 Å². The van der Waals surface area contributed by atoms with E-state index in [1.165, 1.54) is 6.07 Å². The molecule has 0 bridgehead atoms. The predicted octanol–water partition coefficient (Wildman–Crippen LogP) is 4.93. The molecule has 0 aliphatic carbocycles. The van der Waals surface area contributed by atoms with Gasteiger partial charge in [-0.1, -0.05) is 53.7 Å². The van der Waals surface area contributed by atoms with Gasteiger partial charge in [-0.25, -0.2) is 14.6 Å². The lowest BCUT2D eigenvalue weighted by molar-refractivity contribution is 0.0164. The lowest BCUT2D eigenvalue weighted by Crippen LogP contribution is -2.38. The second-order valence-electron chi connectivity index (χ2n) is 8.21. The predicted molar refractivity (Wildman–Crippen MR) is 132 cm³/mol. The first-order chi connectivity index (χ1) is 17.1. The number of fused-ring (bicyclic) bond motifs is 2. The van der Waals surface area contributed by atoms with Gasteiger partial charge in [0.2, 0.25) is 0 Å². The minimum absolute atomic E-state index is 0.301. The third-order valence-electron chi connectivity index (χ3n) is 5.88. The smallest absolute Gasteiger partial charge is 0.345 e. The summed E-state index contributed by atoms with van der Waals surface area (Å²) in [5.74, 6) is 0.502. The summed E-state index contributed by atoms with van der Waals surface area (Å²) >= 11 is 0. The van der Waals surface area contributed by atoms with Crippen molar-refractivity contribution in [3.63, 3.8) is 0 Å². The monoisotopic (exact) mass is 465 g/mol. The normalized spacial score (nSPS) is 15.3. The van der Waals surface area contributed by atoms with Crippen LogP contribution in [0, 0.1) is 6.92 Å². The molecule has 2 aromatic heterocycles. The maximum atomic E-state index is 12.9. The third-order valence-corrected chi connectivity index (χ3v) is 5.88. The van der Waals surface area contributed by atoms with Gasteiger partial charge in [0, 0.05) is 22.4 Å². The van der Waals surface area contributed by atoms with E-state index in [0.29, 0.717) is 22.6 Å². The van der Waals surface area contributed by atoms with Gasteiger partial charge in [0.1, 0.15) is 16.7 Å². The number of oxime groups is 1. The summed E-state index contributed by atoms with van der Waals surface area (Å²) in [6.07, 6.45) is -0.880. The van der Waals surface area contributed by atoms with Crippen LogP contribution >= 0.6 is 0 Å². The number of anilines is 1. The quantitative estimate of drug-likeness (QED) is 0.376. The molecule has 0 amide bonds. The van der Waals surface area contributed by atoms with Crippen LogP contribution in [0.1, 0.15) is 22.9 Å². The second kappa shape index (κ2) is 8.18. The topological polar surface area (TPSA) is 97.3 Å². The van der Waals surface area contributed by atoms with Crippen LogP contribution in [0.5, 0.6) is 0 Å². The SMILES string of the molecule is Cc1cc2oc(=O)ccc2cc1NN1C(c2ccccc2)=NOC1c1cc2ccccc2oc1=O. The molecular formula is C27H19N3O5. The van der Waals surface area contributed by atoms with E-state index in [1.807, 2.05) is 61.5 Å². The van der Waals surface area contributed by atoms with Crippen LogP contribution in [0.4, 0.5) is 5.69 Å². The fourth-order valence-corrected chi connectivity index (χ4v) is 4.11. The molecule has 5 aromatic rings. The van der Waals surface area contributed by atoms with E-state index >= 15 is 0 Å². The van der Waals surface area contributed by atoms with E-state index < -0.39 is 17.5 Å². The molecule has 8 nitrogen and oxygen atoms in total. The molecule has 1 atom stereocenters. The zero-order chi connectivity index (χ0) is 23.9. The largest absolute Gasteiger partial charge is 0.423 e. The molecular weight excluding hydrogens is 446 g/mol. The molecule has 0 radical (unpaired) electrons. The molecule has 0 spiro atoms. The number of benzene rings is 3. The first-order valence-electron chi connectivity index (χ1n) is 11.0. The van der Waals surface area contributed by atoms with Crippen LogP contribution in [0.15, 0.2) is 109 Å². The Labute approximate surface area is 198 Å². The Morgan fingerprint density at radius 1 is 0.829 bits per heavy atom. The molecule has 1 unspecified atom stereocenters. The molecule has 172 valence electrons. The first kappa shape index (κ1) is 20.7. The van der Waals surface area contributed by atoms with E-state index in [9.17, 15) is 9.59 Å². The minimum atomic E-state index is -0.880. The minimum Gasteiger partial charge on any atom is -0.423 e. The Hall–Kier alpha value is -4.85. The maximum Gasteiger partial charge on any atom is 0.345 e. The van der Waals surface area contributed by atoms with Crippen LogP contribution in [-0.2, 0) is 4.84 Å². The van der Waals surface area contributed by atoms with E-state index in [0.717, 1.165) is 27.6 Å². The van der Waals surface area contributed by atoms with Gasteiger partial charge < -0.3 is 13.7 Å². The van der Waals surface area contributed by atoms with Gasteiger partial charge in [0.25, 0.3) is 6.23 Å². The van der Waals surface area contributed by atoms with Crippen molar-refractivity contribution < 1.29 is 13.7 Å². The van der Waals surface area contributed by atoms with E-state index in [2.05, 4.69) is 10.6 Å². The van der Waals surface area contributed by atoms with Crippen molar-refractivity contribution in [2.75, 3.05) is 5.43 Å². The molecule has 6 rings (SSSR count). The van der Waals surface area contributed by atoms with E-state index in [-0.39, 0.29) is 0 Å². The average molecular weight is 465 g/mol. The van der Waals surface area contributed by atoms with Gasteiger partial charge in [-0.3, -0.25) is 5.43 Å². The Morgan fingerprint density at radius 3 is 2.46 bits per heavy atom. The standard InChI is InChI=1S/C27H19N3O5/c1-16-13-23-19(11-12-24(31)33-23)15-21(16)28-30-25(17-7-3-2-4-8-17)29-35-26(30)20-14-18-9-5-6-10-22(18)34-27(20)32/h2-15,26,28H,1H3. The van der Waals surface area contributed by atoms with Gasteiger partial charge in [0.05, 0.1) is 5.69 Å². The third kappa shape index (κ3) is 3.71. The molecule has 0 saturated heterocycles. The zero-order valence-electron chi connectivity index (χ0n) is 18.6. The molecule has 0 saturated carbocycles. The van der Waals surface area contributed by atoms with Gasteiger partial charge in [0.15, 0.2) is 5.84 Å². The number of hydrogen-bond acceptors (Lipinski definition) is 8. The van der Waals surface area contributed by atoms with Crippen LogP contribution in [0.2, 0.25) is 0 Å². The number of nitrogens with one attached hydrogen (secondary N) is 1. The van der Waals surface area contributed by atoms with E-state index in [4.69, 9.17) is 13.7 Å². The van der Waals surface area contributed by atoms with E-state index in [1.54, 1.807) is 29.3 Å². The molecule has 3 heterocycles. The van der Waals surface area contributed by atoms with Crippen LogP contribution < -0.4 is 16.7 Å². The number of hydrazine groups is 1. The lowest BCUT2D eigenvalue weighted by Gasteiger charge is -2.27. The summed E-state index contributed by atoms with van der Waals surface area (Å²) in [6, 6.07) is 25.3. The van der Waals surface area contributed by atoms with Crippen molar-refractivity contribution >= 4 is 33.5 Å². The molecule has 1 aliphatic rings. The number of amidine groups is 1. The van der Waals surface area contributed by atoms with Gasteiger partial charge in [-0.15, -0.1) is 0 Å². The van der Waals surface area contributed by atoms with Crippen molar-refractivity contribution in [2.45, 2.75) is 13.2 Å². The fourth-order valence-electron chi connectivity index (χ4n) is 4.11. The van der Waals surface area contributed by atoms with Crippen molar-refractivity contribution in [3.8, 4) is 0 Å². The summed E-state index contributed by atoms with van der Waals surface area (Å²) in [5, 5.41) is 7.53. The summed E-state index contributed by atoms with van der Waals surface area (Å²) in [7, 11) is 0. The molecule has 8 heteroatoms. The maximum absolute atomic E-state index is 12.9. The molecule has 1 N–H and O–H groups in total. The van der Waals surface area contributed by atoms with Crippen molar-refractivity contribution in [3.05, 3.63) is 122 Å². The van der Waals surface area contributed by atoms with Crippen molar-refractivity contribution in [2.24, 2.45) is 5.16 Å². The molecule has 0 fully saturated rings. The summed E-state index contributed by atoms with van der Waals surface area (Å²) in [6.45, 7) is 1.89. The van der Waals surface area contributed by atoms with Gasteiger partial charge in [-0.05, 0) is 42.8 Å². The second-order valence-corrected chi connectivity index (χ2v) is 8.21. The highest BCUT2D eigenvalue weighted by molar-refractivity contribution is 6.00. The Bertz CT molecular complexity index is 1720. The number of hydrogen-bond donors (Lipinski definition) is 1. The summed E-state index contributed by atoms with van der Waals surface area (Å²) in [4.78, 5) is 30.4. The Balaban J connectivity index is 1.46. The highest BCUT2D eigenvalue weighted by atomic mass is 16.7. The summed E-state index contributed by atoms with van der Waals surface area (Å²) < 4.78 is 10.9. The number of nitrogens with zero attached hydrogens (tertiary/aromatic N) is 2. The summed E-state index contributed by atoms with van der Waals surface area (Å²) in [5.41, 5.74) is 6.09. The number of rotatable bonds is 4. The average Bonchev–Trinajstić information content (AvgIpc) is 3.28. The highest BCUT2D eigenvalue weighted by Crippen LogP contribution is 2.32. The van der Waals surface area contributed by atoms with Gasteiger partial charge in [-0.2, -0.15) is 0 Å². The zero-order valence-corrected chi connectivity index (χ0v) is 18.6. The molecule has 3 aromatic carbocycles. The highest BCUT2D eigenvalue weighted by Gasteiger charge is 2.36. The fraction of sp³-hybridized carbons (Fsp3) is 0.0741. The lowest BCUT2D eigenvalue weighted by atomic mass is 10.1. The molecule has 1 aliphatic heterocycles. The van der Waals surface area contributed by atoms with Crippen molar-refractivity contribution in [1.29, 1.82) is 0 Å². The first-order valence-corrected chi connectivity index (χ1v) is 11.0. The van der Waals surface area contributed by atoms with Crippen molar-refractivity contribution in [1.82, 2.24) is 5.01 Å². The van der Waals surface area contributed by atoms with Crippen LogP contribution in [0.3, 0.4) is 0 Å². The number of aryl methyl sites for hydroxylation is 1. The Kier molecular flexibility index (Phi) is 4.84. The van der Waals surface area contributed by atoms with Crippen LogP contribution in [-0.4, -0.2) is 10.8 Å². The van der Waals surface area contributed by atoms with Gasteiger partial charge >= 0.3 is 11.3 Å². The molecule has 35 heavy (non-hydrogen) atoms.